The highest BCUT2D eigenvalue weighted by Gasteiger charge is 1.91. The molecule has 0 aromatic carbocycles. The lowest BCUT2D eigenvalue weighted by Crippen LogP contribution is -2.16. The SMILES string of the molecule is CN(C)COCCCCCC[O]. The van der Waals surface area contributed by atoms with Crippen LogP contribution in [0.4, 0.5) is 0 Å². The predicted molar refractivity (Wildman–Crippen MR) is 48.5 cm³/mol. The van der Waals surface area contributed by atoms with Crippen LogP contribution >= 0.6 is 0 Å². The van der Waals surface area contributed by atoms with Crippen LogP contribution in [0, 0.1) is 0 Å². The van der Waals surface area contributed by atoms with Gasteiger partial charge in [0.1, 0.15) is 0 Å². The van der Waals surface area contributed by atoms with Crippen molar-refractivity contribution < 1.29 is 9.84 Å². The first kappa shape index (κ1) is 11.9. The zero-order valence-electron chi connectivity index (χ0n) is 8.21. The molecule has 0 aliphatic carbocycles. The molecule has 0 saturated carbocycles. The van der Waals surface area contributed by atoms with Crippen LogP contribution in [0.2, 0.25) is 0 Å². The van der Waals surface area contributed by atoms with Gasteiger partial charge in [0.15, 0.2) is 0 Å². The molecule has 3 nitrogen and oxygen atoms in total. The van der Waals surface area contributed by atoms with E-state index in [0.29, 0.717) is 6.73 Å². The molecule has 0 aromatic heterocycles. The van der Waals surface area contributed by atoms with Gasteiger partial charge in [-0.05, 0) is 26.9 Å². The standard InChI is InChI=1S/C9H20NO2/c1-10(2)9-12-8-6-4-3-5-7-11/h3-9H2,1-2H3. The lowest BCUT2D eigenvalue weighted by atomic mass is 10.2. The number of rotatable bonds is 8. The van der Waals surface area contributed by atoms with Gasteiger partial charge < -0.3 is 4.74 Å². The van der Waals surface area contributed by atoms with Crippen molar-refractivity contribution >= 4 is 0 Å². The molecule has 1 radical (unpaired) electrons. The molecule has 0 aromatic rings. The van der Waals surface area contributed by atoms with E-state index in [1.165, 1.54) is 0 Å². The Balaban J connectivity index is 2.82. The van der Waals surface area contributed by atoms with E-state index in [-0.39, 0.29) is 6.61 Å². The average Bonchev–Trinajstić information content (AvgIpc) is 2.02. The van der Waals surface area contributed by atoms with Gasteiger partial charge in [-0.3, -0.25) is 4.90 Å². The smallest absolute Gasteiger partial charge is 0.0985 e. The maximum atomic E-state index is 10.1. The third kappa shape index (κ3) is 9.88. The Hall–Kier alpha value is -0.120. The Morgan fingerprint density at radius 2 is 1.75 bits per heavy atom. The summed E-state index contributed by atoms with van der Waals surface area (Å²) < 4.78 is 5.32. The van der Waals surface area contributed by atoms with Crippen molar-refractivity contribution in [3.8, 4) is 0 Å². The molecular weight excluding hydrogens is 154 g/mol. The zero-order chi connectivity index (χ0) is 9.23. The molecule has 0 heterocycles. The fourth-order valence-electron chi connectivity index (χ4n) is 0.907. The third-order valence-electron chi connectivity index (χ3n) is 1.53. The van der Waals surface area contributed by atoms with E-state index in [1.54, 1.807) is 0 Å². The van der Waals surface area contributed by atoms with Gasteiger partial charge in [0, 0.05) is 6.61 Å². The van der Waals surface area contributed by atoms with E-state index < -0.39 is 0 Å². The topological polar surface area (TPSA) is 32.4 Å². The molecule has 0 amide bonds. The summed E-state index contributed by atoms with van der Waals surface area (Å²) in [4.78, 5) is 2.00. The van der Waals surface area contributed by atoms with Crippen LogP contribution in [0.15, 0.2) is 0 Å². The highest BCUT2D eigenvalue weighted by molar-refractivity contribution is 4.41. The van der Waals surface area contributed by atoms with Crippen LogP contribution in [0.1, 0.15) is 25.7 Å². The van der Waals surface area contributed by atoms with Crippen LogP contribution in [-0.2, 0) is 9.84 Å². The van der Waals surface area contributed by atoms with Crippen molar-refractivity contribution in [2.24, 2.45) is 0 Å². The molecular formula is C9H20NO2. The molecule has 0 rings (SSSR count). The summed E-state index contributed by atoms with van der Waals surface area (Å²) in [5.74, 6) is 0. The second-order valence-electron chi connectivity index (χ2n) is 3.24. The fraction of sp³-hybridized carbons (Fsp3) is 1.00. The van der Waals surface area contributed by atoms with Crippen LogP contribution in [0.5, 0.6) is 0 Å². The number of nitrogens with zero attached hydrogens (tertiary/aromatic N) is 1. The number of hydrogen-bond acceptors (Lipinski definition) is 2. The first-order valence-corrected chi connectivity index (χ1v) is 4.58. The molecule has 0 N–H and O–H groups in total. The number of hydrogen-bond donors (Lipinski definition) is 0. The zero-order valence-corrected chi connectivity index (χ0v) is 8.21. The molecule has 3 heteroatoms. The molecule has 0 bridgehead atoms. The van der Waals surface area contributed by atoms with E-state index in [1.807, 2.05) is 19.0 Å². The van der Waals surface area contributed by atoms with E-state index in [9.17, 15) is 5.11 Å². The van der Waals surface area contributed by atoms with Crippen molar-refractivity contribution in [2.75, 3.05) is 34.0 Å². The summed E-state index contributed by atoms with van der Waals surface area (Å²) in [5.41, 5.74) is 0. The second kappa shape index (κ2) is 8.97. The third-order valence-corrected chi connectivity index (χ3v) is 1.53. The number of unbranched alkanes of at least 4 members (excludes halogenated alkanes) is 3. The summed E-state index contributed by atoms with van der Waals surface area (Å²) in [6.07, 6.45) is 4.06. The van der Waals surface area contributed by atoms with E-state index in [0.717, 1.165) is 32.3 Å². The molecule has 0 atom stereocenters. The van der Waals surface area contributed by atoms with E-state index in [2.05, 4.69) is 0 Å². The molecule has 0 aliphatic rings. The van der Waals surface area contributed by atoms with Gasteiger partial charge >= 0.3 is 0 Å². The monoisotopic (exact) mass is 174 g/mol. The van der Waals surface area contributed by atoms with Gasteiger partial charge in [-0.15, -0.1) is 0 Å². The summed E-state index contributed by atoms with van der Waals surface area (Å²) >= 11 is 0. The van der Waals surface area contributed by atoms with Gasteiger partial charge in [-0.2, -0.15) is 0 Å². The Morgan fingerprint density at radius 3 is 2.33 bits per heavy atom. The Bertz CT molecular complexity index is 86.6. The van der Waals surface area contributed by atoms with E-state index >= 15 is 0 Å². The minimum atomic E-state index is 0.0680. The quantitative estimate of drug-likeness (QED) is 0.413. The Labute approximate surface area is 75.3 Å². The highest BCUT2D eigenvalue weighted by Crippen LogP contribution is 1.99. The van der Waals surface area contributed by atoms with Crippen LogP contribution in [-0.4, -0.2) is 38.9 Å². The second-order valence-corrected chi connectivity index (χ2v) is 3.24. The summed E-state index contributed by atoms with van der Waals surface area (Å²) in [6, 6.07) is 0. The van der Waals surface area contributed by atoms with Gasteiger partial charge in [-0.1, -0.05) is 12.8 Å². The van der Waals surface area contributed by atoms with Crippen LogP contribution < -0.4 is 0 Å². The first-order valence-electron chi connectivity index (χ1n) is 4.58. The number of ether oxygens (including phenoxy) is 1. The minimum absolute atomic E-state index is 0.0680. The Morgan fingerprint density at radius 1 is 1.08 bits per heavy atom. The lowest BCUT2D eigenvalue weighted by Gasteiger charge is -2.09. The molecule has 0 spiro atoms. The van der Waals surface area contributed by atoms with Crippen molar-refractivity contribution in [1.29, 1.82) is 0 Å². The highest BCUT2D eigenvalue weighted by atomic mass is 16.5. The lowest BCUT2D eigenvalue weighted by molar-refractivity contribution is 0.0536. The molecule has 73 valence electrons. The van der Waals surface area contributed by atoms with Crippen molar-refractivity contribution in [1.82, 2.24) is 4.90 Å². The van der Waals surface area contributed by atoms with Gasteiger partial charge in [0.05, 0.1) is 13.3 Å². The average molecular weight is 174 g/mol. The summed E-state index contributed by atoms with van der Waals surface area (Å²) in [7, 11) is 3.97. The molecule has 0 aliphatic heterocycles. The minimum Gasteiger partial charge on any atom is -0.366 e. The first-order chi connectivity index (χ1) is 5.77. The molecule has 0 unspecified atom stereocenters. The molecule has 0 saturated heterocycles. The van der Waals surface area contributed by atoms with Crippen LogP contribution in [0.25, 0.3) is 0 Å². The largest absolute Gasteiger partial charge is 0.366 e. The predicted octanol–water partition coefficient (Wildman–Crippen LogP) is 1.51. The Kier molecular flexibility index (Phi) is 8.88. The van der Waals surface area contributed by atoms with Crippen molar-refractivity contribution in [3.05, 3.63) is 0 Å². The maximum absolute atomic E-state index is 10.1. The molecule has 0 fully saturated rings. The normalized spacial score (nSPS) is 11.0. The van der Waals surface area contributed by atoms with Gasteiger partial charge in [0.25, 0.3) is 0 Å². The summed E-state index contributed by atoms with van der Waals surface area (Å²) in [6.45, 7) is 1.58. The summed E-state index contributed by atoms with van der Waals surface area (Å²) in [5, 5.41) is 10.1. The van der Waals surface area contributed by atoms with Crippen molar-refractivity contribution in [2.45, 2.75) is 25.7 Å². The van der Waals surface area contributed by atoms with Gasteiger partial charge in [0.2, 0.25) is 0 Å². The molecule has 12 heavy (non-hydrogen) atoms. The van der Waals surface area contributed by atoms with E-state index in [4.69, 9.17) is 4.74 Å². The van der Waals surface area contributed by atoms with Crippen LogP contribution in [0.3, 0.4) is 0 Å². The maximum Gasteiger partial charge on any atom is 0.0985 e. The van der Waals surface area contributed by atoms with Gasteiger partial charge in [-0.25, -0.2) is 5.11 Å². The van der Waals surface area contributed by atoms with Crippen molar-refractivity contribution in [3.63, 3.8) is 0 Å². The fourth-order valence-corrected chi connectivity index (χ4v) is 0.907.